The number of carbonyl (C=O) groups excluding carboxylic acids is 1. The molecule has 1 aliphatic rings. The number of rotatable bonds is 6. The molecular weight excluding hydrogens is 349 g/mol. The Bertz CT molecular complexity index is 676. The number of benzene rings is 1. The van der Waals surface area contributed by atoms with Gasteiger partial charge in [-0.1, -0.05) is 19.9 Å². The summed E-state index contributed by atoms with van der Waals surface area (Å²) in [5.41, 5.74) is 3.56. The molecule has 5 nitrogen and oxygen atoms in total. The van der Waals surface area contributed by atoms with Crippen LogP contribution in [0.3, 0.4) is 0 Å². The summed E-state index contributed by atoms with van der Waals surface area (Å²) in [6.45, 7) is 5.74. The molecule has 2 unspecified atom stereocenters. The van der Waals surface area contributed by atoms with Gasteiger partial charge < -0.3 is 20.5 Å². The molecule has 2 rings (SSSR count). The van der Waals surface area contributed by atoms with E-state index in [1.165, 1.54) is 19.2 Å². The zero-order valence-electron chi connectivity index (χ0n) is 15.4. The van der Waals surface area contributed by atoms with Gasteiger partial charge in [-0.25, -0.2) is 0 Å². The van der Waals surface area contributed by atoms with Gasteiger partial charge in [-0.05, 0) is 24.6 Å². The molecule has 0 bridgehead atoms. The van der Waals surface area contributed by atoms with Gasteiger partial charge in [0.25, 0.3) is 0 Å². The maximum absolute atomic E-state index is 13.3. The number of halogens is 3. The average Bonchev–Trinajstić information content (AvgIpc) is 2.58. The maximum atomic E-state index is 13.3. The second kappa shape index (κ2) is 7.08. The van der Waals surface area contributed by atoms with Crippen LogP contribution in [0.2, 0.25) is 0 Å². The molecule has 1 aliphatic carbocycles. The van der Waals surface area contributed by atoms with Crippen molar-refractivity contribution in [2.45, 2.75) is 51.6 Å². The molecule has 26 heavy (non-hydrogen) atoms. The Morgan fingerprint density at radius 2 is 2.04 bits per heavy atom. The summed E-state index contributed by atoms with van der Waals surface area (Å²) >= 11 is 0. The predicted octanol–water partition coefficient (Wildman–Crippen LogP) is 2.86. The first-order chi connectivity index (χ1) is 12.0. The summed E-state index contributed by atoms with van der Waals surface area (Å²) in [7, 11) is 1.29. The molecule has 1 aromatic rings. The number of nitrogens with two attached hydrogens (primary N) is 1. The lowest BCUT2D eigenvalue weighted by Crippen LogP contribution is -2.75. The maximum Gasteiger partial charge on any atom is 0.416 e. The van der Waals surface area contributed by atoms with Crippen LogP contribution in [0.15, 0.2) is 18.2 Å². The quantitative estimate of drug-likeness (QED) is 0.803. The van der Waals surface area contributed by atoms with Gasteiger partial charge in [0.1, 0.15) is 11.3 Å². The minimum absolute atomic E-state index is 0.0475. The van der Waals surface area contributed by atoms with Crippen molar-refractivity contribution in [2.75, 3.05) is 13.7 Å². The summed E-state index contributed by atoms with van der Waals surface area (Å²) in [5.74, 6) is -0.384. The van der Waals surface area contributed by atoms with Crippen molar-refractivity contribution in [3.8, 4) is 5.75 Å². The molecule has 0 saturated heterocycles. The normalized spacial score (nSPS) is 24.7. The molecule has 0 aliphatic heterocycles. The van der Waals surface area contributed by atoms with Crippen LogP contribution >= 0.6 is 0 Å². The largest absolute Gasteiger partial charge is 0.497 e. The van der Waals surface area contributed by atoms with Gasteiger partial charge in [-0.3, -0.25) is 4.79 Å². The minimum Gasteiger partial charge on any atom is -0.497 e. The first-order valence-electron chi connectivity index (χ1n) is 8.40. The van der Waals surface area contributed by atoms with Crippen molar-refractivity contribution in [1.29, 1.82) is 0 Å². The molecule has 2 atom stereocenters. The zero-order chi connectivity index (χ0) is 19.8. The van der Waals surface area contributed by atoms with Crippen molar-refractivity contribution in [1.82, 2.24) is 5.32 Å². The summed E-state index contributed by atoms with van der Waals surface area (Å²) in [6, 6.07) is 3.63. The van der Waals surface area contributed by atoms with Gasteiger partial charge in [0.15, 0.2) is 0 Å². The molecule has 1 amide bonds. The summed E-state index contributed by atoms with van der Waals surface area (Å²) < 4.78 is 50.2. The topological polar surface area (TPSA) is 73.6 Å². The van der Waals surface area contributed by atoms with Gasteiger partial charge in [0.05, 0.1) is 18.8 Å². The highest BCUT2D eigenvalue weighted by molar-refractivity contribution is 5.88. The monoisotopic (exact) mass is 374 g/mol. The number of nitrogens with one attached hydrogen (secondary N) is 1. The van der Waals surface area contributed by atoms with E-state index >= 15 is 0 Å². The van der Waals surface area contributed by atoms with Gasteiger partial charge in [0.2, 0.25) is 5.91 Å². The third-order valence-corrected chi connectivity index (χ3v) is 5.30. The average molecular weight is 374 g/mol. The second-order valence-corrected chi connectivity index (χ2v) is 7.04. The van der Waals surface area contributed by atoms with E-state index in [1.54, 1.807) is 0 Å². The number of hydrogen-bond donors (Lipinski definition) is 2. The molecule has 0 heterocycles. The molecule has 146 valence electrons. The van der Waals surface area contributed by atoms with Crippen LogP contribution in [0.4, 0.5) is 13.2 Å². The van der Waals surface area contributed by atoms with Crippen molar-refractivity contribution in [2.24, 2.45) is 11.1 Å². The lowest BCUT2D eigenvalue weighted by Gasteiger charge is -2.57. The van der Waals surface area contributed by atoms with E-state index in [-0.39, 0.29) is 24.0 Å². The molecule has 0 aromatic heterocycles. The number of hydrogen-bond acceptors (Lipinski definition) is 4. The highest BCUT2D eigenvalue weighted by Crippen LogP contribution is 2.49. The third kappa shape index (κ3) is 3.53. The van der Waals surface area contributed by atoms with Crippen molar-refractivity contribution < 1.29 is 27.4 Å². The number of amides is 1. The van der Waals surface area contributed by atoms with Crippen molar-refractivity contribution in [3.63, 3.8) is 0 Å². The number of methoxy groups -OCH3 is 1. The van der Waals surface area contributed by atoms with Crippen LogP contribution < -0.4 is 15.8 Å². The van der Waals surface area contributed by atoms with E-state index in [9.17, 15) is 18.0 Å². The fourth-order valence-electron chi connectivity index (χ4n) is 3.25. The second-order valence-electron chi connectivity index (χ2n) is 7.04. The molecule has 8 heteroatoms. The lowest BCUT2D eigenvalue weighted by atomic mass is 9.54. The molecule has 3 N–H and O–H groups in total. The highest BCUT2D eigenvalue weighted by Gasteiger charge is 2.62. The van der Waals surface area contributed by atoms with E-state index in [2.05, 4.69) is 5.32 Å². The van der Waals surface area contributed by atoms with Crippen LogP contribution in [0, 0.1) is 5.41 Å². The van der Waals surface area contributed by atoms with Crippen molar-refractivity contribution in [3.05, 3.63) is 29.3 Å². The summed E-state index contributed by atoms with van der Waals surface area (Å²) in [6.07, 6.45) is -4.38. The van der Waals surface area contributed by atoms with E-state index < -0.39 is 28.6 Å². The van der Waals surface area contributed by atoms with E-state index in [0.29, 0.717) is 13.0 Å². The van der Waals surface area contributed by atoms with Gasteiger partial charge in [0, 0.05) is 25.0 Å². The first kappa shape index (κ1) is 20.5. The Labute approximate surface area is 151 Å². The van der Waals surface area contributed by atoms with Crippen LogP contribution in [-0.2, 0) is 22.3 Å². The fourth-order valence-corrected chi connectivity index (χ4v) is 3.25. The standard InChI is InChI=1S/C18H25F3N2O3/c1-5-26-14-9-17(22,16(14,2)3)15(24)23-10-11-6-7-12(25-4)8-13(11)18(19,20)21/h6-8,14H,5,9-10,22H2,1-4H3,(H,23,24). The van der Waals surface area contributed by atoms with Gasteiger partial charge in [-0.15, -0.1) is 0 Å². The van der Waals surface area contributed by atoms with E-state index in [4.69, 9.17) is 15.2 Å². The zero-order valence-corrected chi connectivity index (χ0v) is 15.4. The SMILES string of the molecule is CCOC1CC(N)(C(=O)NCc2ccc(OC)cc2C(F)(F)F)C1(C)C. The van der Waals surface area contributed by atoms with Crippen LogP contribution in [0.25, 0.3) is 0 Å². The number of carbonyl (C=O) groups is 1. The minimum atomic E-state index is -4.55. The summed E-state index contributed by atoms with van der Waals surface area (Å²) in [4.78, 5) is 12.6. The molecule has 0 radical (unpaired) electrons. The third-order valence-electron chi connectivity index (χ3n) is 5.30. The highest BCUT2D eigenvalue weighted by atomic mass is 19.4. The molecule has 1 saturated carbocycles. The van der Waals surface area contributed by atoms with Gasteiger partial charge >= 0.3 is 6.18 Å². The smallest absolute Gasteiger partial charge is 0.416 e. The van der Waals surface area contributed by atoms with E-state index in [0.717, 1.165) is 6.07 Å². The molecular formula is C18H25F3N2O3. The van der Waals surface area contributed by atoms with Crippen LogP contribution in [0.1, 0.15) is 38.3 Å². The Morgan fingerprint density at radius 1 is 1.38 bits per heavy atom. The molecule has 0 spiro atoms. The summed E-state index contributed by atoms with van der Waals surface area (Å²) in [5, 5.41) is 2.55. The fraction of sp³-hybridized carbons (Fsp3) is 0.611. The van der Waals surface area contributed by atoms with Crippen LogP contribution in [0.5, 0.6) is 5.75 Å². The number of alkyl halides is 3. The van der Waals surface area contributed by atoms with Gasteiger partial charge in [-0.2, -0.15) is 13.2 Å². The Hall–Kier alpha value is -1.80. The lowest BCUT2D eigenvalue weighted by molar-refractivity contribution is -0.170. The molecule has 1 fully saturated rings. The van der Waals surface area contributed by atoms with Crippen molar-refractivity contribution >= 4 is 5.91 Å². The molecule has 1 aromatic carbocycles. The Balaban J connectivity index is 2.13. The Morgan fingerprint density at radius 3 is 2.54 bits per heavy atom. The number of ether oxygens (including phenoxy) is 2. The van der Waals surface area contributed by atoms with Crippen LogP contribution in [-0.4, -0.2) is 31.3 Å². The van der Waals surface area contributed by atoms with E-state index in [1.807, 2.05) is 20.8 Å². The predicted molar refractivity (Wildman–Crippen MR) is 90.6 cm³/mol. The Kier molecular flexibility index (Phi) is 5.58. The first-order valence-corrected chi connectivity index (χ1v) is 8.40.